The smallest absolute Gasteiger partial charge is 0.165 e. The number of halogens is 1. The van der Waals surface area contributed by atoms with Crippen LogP contribution in [0, 0.1) is 0 Å². The van der Waals surface area contributed by atoms with Crippen molar-refractivity contribution in [2.24, 2.45) is 0 Å². The first-order valence-electron chi connectivity index (χ1n) is 5.06. The minimum atomic E-state index is 0.0995. The monoisotopic (exact) mass is 276 g/mol. The fourth-order valence-corrected chi connectivity index (χ4v) is 2.56. The third-order valence-corrected chi connectivity index (χ3v) is 3.43. The molecule has 1 aromatic carbocycles. The van der Waals surface area contributed by atoms with Crippen LogP contribution in [-0.4, -0.2) is 15.3 Å². The largest absolute Gasteiger partial charge is 0.330 e. The summed E-state index contributed by atoms with van der Waals surface area (Å²) in [6.07, 6.45) is 5.92. The van der Waals surface area contributed by atoms with E-state index in [1.165, 1.54) is 0 Å². The van der Waals surface area contributed by atoms with Crippen molar-refractivity contribution in [2.45, 2.75) is 12.5 Å². The van der Waals surface area contributed by atoms with Crippen LogP contribution in [0.1, 0.15) is 28.4 Å². The molecule has 3 rings (SSSR count). The number of aromatic nitrogens is 2. The van der Waals surface area contributed by atoms with Crippen molar-refractivity contribution in [2.75, 3.05) is 0 Å². The standard InChI is InChI=1S/C12H9BrN2O/c13-8-1-2-9-10(5-8)11(6-12(9)16)15-4-3-14-7-15/h1-5,7,11H,6H2. The summed E-state index contributed by atoms with van der Waals surface area (Å²) in [7, 11) is 0. The van der Waals surface area contributed by atoms with Crippen LogP contribution in [0.3, 0.4) is 0 Å². The van der Waals surface area contributed by atoms with Gasteiger partial charge in [0.15, 0.2) is 5.78 Å². The Morgan fingerprint density at radius 3 is 3.06 bits per heavy atom. The Balaban J connectivity index is 2.14. The molecule has 80 valence electrons. The average molecular weight is 277 g/mol. The SMILES string of the molecule is O=C1CC(n2ccnc2)c2cc(Br)ccc21. The highest BCUT2D eigenvalue weighted by Crippen LogP contribution is 2.35. The molecule has 0 radical (unpaired) electrons. The molecule has 3 nitrogen and oxygen atoms in total. The van der Waals surface area contributed by atoms with E-state index in [4.69, 9.17) is 0 Å². The van der Waals surface area contributed by atoms with Gasteiger partial charge in [0.25, 0.3) is 0 Å². The molecule has 0 fully saturated rings. The van der Waals surface area contributed by atoms with Crippen LogP contribution < -0.4 is 0 Å². The van der Waals surface area contributed by atoms with E-state index in [0.29, 0.717) is 6.42 Å². The second-order valence-corrected chi connectivity index (χ2v) is 4.80. The van der Waals surface area contributed by atoms with Crippen molar-refractivity contribution >= 4 is 21.7 Å². The Labute approximate surface area is 101 Å². The fraction of sp³-hybridized carbons (Fsp3) is 0.167. The highest BCUT2D eigenvalue weighted by molar-refractivity contribution is 9.10. The second-order valence-electron chi connectivity index (χ2n) is 3.88. The predicted octanol–water partition coefficient (Wildman–Crippen LogP) is 2.82. The van der Waals surface area contributed by atoms with Gasteiger partial charge in [0.1, 0.15) is 0 Å². The van der Waals surface area contributed by atoms with Gasteiger partial charge in [-0.05, 0) is 23.8 Å². The van der Waals surface area contributed by atoms with E-state index in [0.717, 1.165) is 15.6 Å². The molecule has 2 aromatic rings. The van der Waals surface area contributed by atoms with Crippen molar-refractivity contribution in [3.8, 4) is 0 Å². The topological polar surface area (TPSA) is 34.9 Å². The predicted molar refractivity (Wildman–Crippen MR) is 63.5 cm³/mol. The Kier molecular flexibility index (Phi) is 2.17. The molecular weight excluding hydrogens is 268 g/mol. The molecule has 0 saturated carbocycles. The molecule has 0 saturated heterocycles. The van der Waals surface area contributed by atoms with Crippen LogP contribution in [0.4, 0.5) is 0 Å². The van der Waals surface area contributed by atoms with E-state index in [2.05, 4.69) is 20.9 Å². The summed E-state index contributed by atoms with van der Waals surface area (Å²) in [6.45, 7) is 0. The lowest BCUT2D eigenvalue weighted by molar-refractivity contribution is 0.0986. The zero-order valence-electron chi connectivity index (χ0n) is 8.43. The molecule has 4 heteroatoms. The summed E-state index contributed by atoms with van der Waals surface area (Å²) in [5, 5.41) is 0. The van der Waals surface area contributed by atoms with Gasteiger partial charge >= 0.3 is 0 Å². The van der Waals surface area contributed by atoms with Crippen LogP contribution in [0.25, 0.3) is 0 Å². The summed E-state index contributed by atoms with van der Waals surface area (Å²) in [5.74, 6) is 0.209. The molecule has 0 amide bonds. The average Bonchev–Trinajstić information content (AvgIpc) is 2.86. The van der Waals surface area contributed by atoms with Gasteiger partial charge in [0.2, 0.25) is 0 Å². The van der Waals surface area contributed by atoms with Crippen molar-refractivity contribution in [3.05, 3.63) is 52.5 Å². The quantitative estimate of drug-likeness (QED) is 0.803. The number of fused-ring (bicyclic) bond motifs is 1. The van der Waals surface area contributed by atoms with E-state index in [1.54, 1.807) is 12.5 Å². The van der Waals surface area contributed by atoms with Crippen LogP contribution in [0.5, 0.6) is 0 Å². The first-order chi connectivity index (χ1) is 7.75. The minimum absolute atomic E-state index is 0.0995. The van der Waals surface area contributed by atoms with Gasteiger partial charge in [0, 0.05) is 28.9 Å². The lowest BCUT2D eigenvalue weighted by Gasteiger charge is -2.12. The van der Waals surface area contributed by atoms with Gasteiger partial charge in [0.05, 0.1) is 12.4 Å². The Morgan fingerprint density at radius 2 is 2.31 bits per heavy atom. The third-order valence-electron chi connectivity index (χ3n) is 2.94. The Hall–Kier alpha value is -1.42. The fourth-order valence-electron chi connectivity index (χ4n) is 2.18. The van der Waals surface area contributed by atoms with Gasteiger partial charge in [-0.3, -0.25) is 4.79 Å². The molecule has 0 aliphatic heterocycles. The van der Waals surface area contributed by atoms with E-state index in [1.807, 2.05) is 29.0 Å². The molecule has 1 aromatic heterocycles. The van der Waals surface area contributed by atoms with Gasteiger partial charge < -0.3 is 4.57 Å². The zero-order valence-corrected chi connectivity index (χ0v) is 10.0. The maximum atomic E-state index is 11.8. The number of Topliss-reactive ketones (excluding diaryl/α,β-unsaturated/α-hetero) is 1. The van der Waals surface area contributed by atoms with Gasteiger partial charge in [-0.15, -0.1) is 0 Å². The third kappa shape index (κ3) is 1.41. The Bertz CT molecular complexity index is 548. The molecule has 0 bridgehead atoms. The molecule has 1 heterocycles. The van der Waals surface area contributed by atoms with Gasteiger partial charge in [-0.1, -0.05) is 15.9 Å². The summed E-state index contributed by atoms with van der Waals surface area (Å²) in [4.78, 5) is 15.9. The van der Waals surface area contributed by atoms with E-state index < -0.39 is 0 Å². The highest BCUT2D eigenvalue weighted by Gasteiger charge is 2.30. The molecule has 0 spiro atoms. The van der Waals surface area contributed by atoms with Crippen LogP contribution in [0.2, 0.25) is 0 Å². The first kappa shape index (κ1) is 9.78. The maximum Gasteiger partial charge on any atom is 0.165 e. The lowest BCUT2D eigenvalue weighted by atomic mass is 10.1. The number of imidazole rings is 1. The molecule has 1 atom stereocenters. The second kappa shape index (κ2) is 3.56. The first-order valence-corrected chi connectivity index (χ1v) is 5.85. The number of rotatable bonds is 1. The minimum Gasteiger partial charge on any atom is -0.330 e. The maximum absolute atomic E-state index is 11.8. The molecular formula is C12H9BrN2O. The van der Waals surface area contributed by atoms with Crippen molar-refractivity contribution in [1.29, 1.82) is 0 Å². The number of benzene rings is 1. The number of hydrogen-bond donors (Lipinski definition) is 0. The van der Waals surface area contributed by atoms with Crippen molar-refractivity contribution < 1.29 is 4.79 Å². The van der Waals surface area contributed by atoms with E-state index in [9.17, 15) is 4.79 Å². The number of nitrogens with zero attached hydrogens (tertiary/aromatic N) is 2. The molecule has 1 unspecified atom stereocenters. The summed E-state index contributed by atoms with van der Waals surface area (Å²) in [6, 6.07) is 5.92. The number of carbonyl (C=O) groups excluding carboxylic acids is 1. The molecule has 1 aliphatic carbocycles. The Morgan fingerprint density at radius 1 is 1.44 bits per heavy atom. The molecule has 16 heavy (non-hydrogen) atoms. The van der Waals surface area contributed by atoms with Crippen LogP contribution in [-0.2, 0) is 0 Å². The van der Waals surface area contributed by atoms with E-state index in [-0.39, 0.29) is 11.8 Å². The summed E-state index contributed by atoms with van der Waals surface area (Å²) < 4.78 is 2.99. The van der Waals surface area contributed by atoms with Gasteiger partial charge in [-0.2, -0.15) is 0 Å². The number of hydrogen-bond acceptors (Lipinski definition) is 2. The van der Waals surface area contributed by atoms with Crippen LogP contribution in [0.15, 0.2) is 41.4 Å². The van der Waals surface area contributed by atoms with E-state index >= 15 is 0 Å². The zero-order chi connectivity index (χ0) is 11.1. The lowest BCUT2D eigenvalue weighted by Crippen LogP contribution is -2.05. The molecule has 0 N–H and O–H groups in total. The van der Waals surface area contributed by atoms with Crippen molar-refractivity contribution in [3.63, 3.8) is 0 Å². The summed E-state index contributed by atoms with van der Waals surface area (Å²) >= 11 is 3.44. The molecule has 1 aliphatic rings. The van der Waals surface area contributed by atoms with Gasteiger partial charge in [-0.25, -0.2) is 4.98 Å². The highest BCUT2D eigenvalue weighted by atomic mass is 79.9. The van der Waals surface area contributed by atoms with Crippen LogP contribution >= 0.6 is 15.9 Å². The summed E-state index contributed by atoms with van der Waals surface area (Å²) in [5.41, 5.74) is 1.92. The number of carbonyl (C=O) groups is 1. The number of ketones is 1. The van der Waals surface area contributed by atoms with Crippen molar-refractivity contribution in [1.82, 2.24) is 9.55 Å². The normalized spacial score (nSPS) is 18.8.